The standard InChI is InChI=1S/C25H23ClFN3O4/c1-15-4-6-18(7-5-15)13-30-25(26)20(16(2)29-30)10-11-24(33)34-14-23(32)21-9-8-19(12-22(21)27)28-17(3)31/h4-12H,13-14H2,1-3H3,(H,28,31)/b11-10+. The normalized spacial score (nSPS) is 11.0. The van der Waals surface area contributed by atoms with Gasteiger partial charge in [0.05, 0.1) is 17.8 Å². The SMILES string of the molecule is CC(=O)Nc1ccc(C(=O)COC(=O)/C=C/c2c(C)nn(Cc3ccc(C)cc3)c2Cl)c(F)c1. The Labute approximate surface area is 201 Å². The summed E-state index contributed by atoms with van der Waals surface area (Å²) in [5.41, 5.74) is 3.33. The number of rotatable bonds is 8. The maximum absolute atomic E-state index is 14.2. The van der Waals surface area contributed by atoms with Gasteiger partial charge in [0.1, 0.15) is 11.0 Å². The summed E-state index contributed by atoms with van der Waals surface area (Å²) in [6, 6.07) is 11.6. The van der Waals surface area contributed by atoms with Gasteiger partial charge in [-0.1, -0.05) is 41.4 Å². The summed E-state index contributed by atoms with van der Waals surface area (Å²) in [6.45, 7) is 4.88. The van der Waals surface area contributed by atoms with Gasteiger partial charge in [0, 0.05) is 24.3 Å². The van der Waals surface area contributed by atoms with Gasteiger partial charge in [0.15, 0.2) is 6.61 Å². The van der Waals surface area contributed by atoms with Gasteiger partial charge in [0.25, 0.3) is 0 Å². The first-order valence-electron chi connectivity index (χ1n) is 10.4. The zero-order valence-electron chi connectivity index (χ0n) is 18.9. The van der Waals surface area contributed by atoms with Gasteiger partial charge in [-0.15, -0.1) is 0 Å². The molecule has 0 aliphatic heterocycles. The molecule has 1 amide bonds. The Bertz CT molecular complexity index is 1270. The van der Waals surface area contributed by atoms with Crippen LogP contribution in [0.4, 0.5) is 10.1 Å². The Kier molecular flexibility index (Phi) is 7.96. The molecule has 1 N–H and O–H groups in total. The first-order valence-corrected chi connectivity index (χ1v) is 10.8. The van der Waals surface area contributed by atoms with Crippen LogP contribution in [0.1, 0.15) is 39.7 Å². The van der Waals surface area contributed by atoms with Gasteiger partial charge in [-0.2, -0.15) is 5.10 Å². The molecule has 0 aliphatic carbocycles. The Balaban J connectivity index is 1.61. The van der Waals surface area contributed by atoms with E-state index in [0.29, 0.717) is 23.0 Å². The van der Waals surface area contributed by atoms with Crippen molar-refractivity contribution in [2.24, 2.45) is 0 Å². The van der Waals surface area contributed by atoms with Crippen molar-refractivity contribution >= 4 is 41.0 Å². The van der Waals surface area contributed by atoms with Gasteiger partial charge in [-0.3, -0.25) is 9.59 Å². The molecule has 0 radical (unpaired) electrons. The molecule has 0 bridgehead atoms. The number of esters is 1. The van der Waals surface area contributed by atoms with Crippen LogP contribution >= 0.6 is 11.6 Å². The van der Waals surface area contributed by atoms with Crippen LogP contribution in [0.15, 0.2) is 48.5 Å². The summed E-state index contributed by atoms with van der Waals surface area (Å²) in [7, 11) is 0. The van der Waals surface area contributed by atoms with Gasteiger partial charge >= 0.3 is 5.97 Å². The zero-order chi connectivity index (χ0) is 24.8. The quantitative estimate of drug-likeness (QED) is 0.284. The summed E-state index contributed by atoms with van der Waals surface area (Å²) in [4.78, 5) is 35.4. The second kappa shape index (κ2) is 10.9. The number of halogens is 2. The molecule has 2 aromatic carbocycles. The number of hydrogen-bond acceptors (Lipinski definition) is 5. The Morgan fingerprint density at radius 1 is 1.15 bits per heavy atom. The number of anilines is 1. The molecule has 7 nitrogen and oxygen atoms in total. The van der Waals surface area contributed by atoms with E-state index < -0.39 is 24.2 Å². The van der Waals surface area contributed by atoms with E-state index >= 15 is 0 Å². The van der Waals surface area contributed by atoms with Crippen molar-refractivity contribution in [2.75, 3.05) is 11.9 Å². The first kappa shape index (κ1) is 24.9. The monoisotopic (exact) mass is 483 g/mol. The summed E-state index contributed by atoms with van der Waals surface area (Å²) in [6.07, 6.45) is 2.60. The van der Waals surface area contributed by atoms with E-state index in [4.69, 9.17) is 16.3 Å². The van der Waals surface area contributed by atoms with E-state index in [0.717, 1.165) is 23.3 Å². The van der Waals surface area contributed by atoms with Crippen LogP contribution in [0.25, 0.3) is 6.08 Å². The predicted molar refractivity (Wildman–Crippen MR) is 127 cm³/mol. The number of nitrogens with zero attached hydrogens (tertiary/aromatic N) is 2. The summed E-state index contributed by atoms with van der Waals surface area (Å²) in [5, 5.41) is 7.19. The topological polar surface area (TPSA) is 90.3 Å². The molecule has 3 rings (SSSR count). The molecule has 0 atom stereocenters. The smallest absolute Gasteiger partial charge is 0.331 e. The number of benzene rings is 2. The Morgan fingerprint density at radius 3 is 2.50 bits per heavy atom. The van der Waals surface area contributed by atoms with Crippen LogP contribution in [0.2, 0.25) is 5.15 Å². The molecule has 34 heavy (non-hydrogen) atoms. The lowest BCUT2D eigenvalue weighted by Crippen LogP contribution is -2.14. The third-order valence-corrected chi connectivity index (χ3v) is 5.28. The van der Waals surface area contributed by atoms with Gasteiger partial charge in [-0.05, 0) is 43.7 Å². The highest BCUT2D eigenvalue weighted by Crippen LogP contribution is 2.22. The number of hydrogen-bond donors (Lipinski definition) is 1. The molecule has 0 aliphatic rings. The van der Waals surface area contributed by atoms with Crippen molar-refractivity contribution in [1.82, 2.24) is 9.78 Å². The lowest BCUT2D eigenvalue weighted by molar-refractivity contribution is -0.136. The summed E-state index contributed by atoms with van der Waals surface area (Å²) < 4.78 is 20.7. The third kappa shape index (κ3) is 6.39. The molecule has 0 saturated carbocycles. The molecule has 0 spiro atoms. The number of aryl methyl sites for hydroxylation is 2. The maximum atomic E-state index is 14.2. The second-order valence-corrected chi connectivity index (χ2v) is 8.03. The number of ether oxygens (including phenoxy) is 1. The molecule has 1 heterocycles. The number of nitrogens with one attached hydrogen (secondary N) is 1. The van der Waals surface area contributed by atoms with Crippen molar-refractivity contribution in [3.63, 3.8) is 0 Å². The number of carbonyl (C=O) groups is 3. The van der Waals surface area contributed by atoms with Crippen molar-refractivity contribution in [2.45, 2.75) is 27.3 Å². The van der Waals surface area contributed by atoms with E-state index in [2.05, 4.69) is 10.4 Å². The van der Waals surface area contributed by atoms with E-state index in [9.17, 15) is 18.8 Å². The lowest BCUT2D eigenvalue weighted by atomic mass is 10.1. The molecule has 0 unspecified atom stereocenters. The van der Waals surface area contributed by atoms with E-state index in [1.165, 1.54) is 25.1 Å². The fraction of sp³-hybridized carbons (Fsp3) is 0.200. The fourth-order valence-electron chi connectivity index (χ4n) is 3.16. The minimum absolute atomic E-state index is 0.219. The van der Waals surface area contributed by atoms with Crippen LogP contribution < -0.4 is 5.32 Å². The minimum atomic E-state index is -0.828. The predicted octanol–water partition coefficient (Wildman–Crippen LogP) is 4.74. The molecule has 3 aromatic rings. The number of Topliss-reactive ketones (excluding diaryl/α,β-unsaturated/α-hetero) is 1. The van der Waals surface area contributed by atoms with Crippen molar-refractivity contribution in [3.8, 4) is 0 Å². The van der Waals surface area contributed by atoms with Crippen molar-refractivity contribution in [1.29, 1.82) is 0 Å². The average Bonchev–Trinajstić information content (AvgIpc) is 3.04. The largest absolute Gasteiger partial charge is 0.454 e. The molecule has 1 aromatic heterocycles. The van der Waals surface area contributed by atoms with Crippen LogP contribution in [0.3, 0.4) is 0 Å². The van der Waals surface area contributed by atoms with Crippen LogP contribution in [0.5, 0.6) is 0 Å². The maximum Gasteiger partial charge on any atom is 0.331 e. The molecular weight excluding hydrogens is 461 g/mol. The average molecular weight is 484 g/mol. The Hall–Kier alpha value is -3.78. The second-order valence-electron chi connectivity index (χ2n) is 7.67. The zero-order valence-corrected chi connectivity index (χ0v) is 19.6. The summed E-state index contributed by atoms with van der Waals surface area (Å²) in [5.74, 6) is -2.69. The van der Waals surface area contributed by atoms with Gasteiger partial charge in [0.2, 0.25) is 11.7 Å². The number of carbonyl (C=O) groups excluding carboxylic acids is 3. The lowest BCUT2D eigenvalue weighted by Gasteiger charge is -2.06. The fourth-order valence-corrected chi connectivity index (χ4v) is 3.46. The van der Waals surface area contributed by atoms with E-state index in [1.807, 2.05) is 31.2 Å². The molecular formula is C25H23ClFN3O4. The van der Waals surface area contributed by atoms with Gasteiger partial charge in [-0.25, -0.2) is 13.9 Å². The third-order valence-electron chi connectivity index (χ3n) is 4.88. The molecule has 0 saturated heterocycles. The van der Waals surface area contributed by atoms with E-state index in [1.54, 1.807) is 11.6 Å². The van der Waals surface area contributed by atoms with Crippen LogP contribution in [-0.2, 0) is 20.9 Å². The minimum Gasteiger partial charge on any atom is -0.454 e. The first-order chi connectivity index (χ1) is 16.1. The number of ketones is 1. The Morgan fingerprint density at radius 2 is 1.85 bits per heavy atom. The summed E-state index contributed by atoms with van der Waals surface area (Å²) >= 11 is 6.44. The van der Waals surface area contributed by atoms with Crippen molar-refractivity contribution < 1.29 is 23.5 Å². The van der Waals surface area contributed by atoms with Gasteiger partial charge < -0.3 is 10.1 Å². The molecule has 0 fully saturated rings. The number of amides is 1. The number of aromatic nitrogens is 2. The highest BCUT2D eigenvalue weighted by atomic mass is 35.5. The molecule has 176 valence electrons. The molecule has 9 heteroatoms. The highest BCUT2D eigenvalue weighted by Gasteiger charge is 2.15. The van der Waals surface area contributed by atoms with Crippen LogP contribution in [0, 0.1) is 19.7 Å². The van der Waals surface area contributed by atoms with Crippen molar-refractivity contribution in [3.05, 3.63) is 87.5 Å². The van der Waals surface area contributed by atoms with Crippen LogP contribution in [-0.4, -0.2) is 34.0 Å². The highest BCUT2D eigenvalue weighted by molar-refractivity contribution is 6.31. The van der Waals surface area contributed by atoms with E-state index in [-0.39, 0.29) is 17.2 Å².